The molecule has 0 aliphatic heterocycles. The minimum atomic E-state index is -0.0879. The third-order valence-electron chi connectivity index (χ3n) is 4.02. The molecule has 110 valence electrons. The summed E-state index contributed by atoms with van der Waals surface area (Å²) in [6.07, 6.45) is 4.52. The highest BCUT2D eigenvalue weighted by Gasteiger charge is 2.25. The largest absolute Gasteiger partial charge is 0.396 e. The first-order valence-electron chi connectivity index (χ1n) is 6.99. The van der Waals surface area contributed by atoms with Gasteiger partial charge in [0.2, 0.25) is 0 Å². The second-order valence-electron chi connectivity index (χ2n) is 5.36. The molecule has 20 heavy (non-hydrogen) atoms. The van der Waals surface area contributed by atoms with E-state index in [0.29, 0.717) is 23.9 Å². The smallest absolute Gasteiger partial charge is 0.252 e. The van der Waals surface area contributed by atoms with E-state index in [1.165, 1.54) is 12.8 Å². The van der Waals surface area contributed by atoms with E-state index in [0.717, 1.165) is 22.2 Å². The summed E-state index contributed by atoms with van der Waals surface area (Å²) in [7, 11) is 0. The molecule has 0 bridgehead atoms. The fourth-order valence-electron chi connectivity index (χ4n) is 2.80. The van der Waals surface area contributed by atoms with Crippen molar-refractivity contribution < 1.29 is 9.90 Å². The van der Waals surface area contributed by atoms with Crippen LogP contribution < -0.4 is 5.32 Å². The number of carbonyl (C=O) groups is 1. The monoisotopic (exact) mass is 357 g/mol. The highest BCUT2D eigenvalue weighted by Crippen LogP contribution is 2.29. The van der Waals surface area contributed by atoms with Crippen molar-refractivity contribution in [3.8, 4) is 0 Å². The van der Waals surface area contributed by atoms with Gasteiger partial charge in [-0.15, -0.1) is 12.6 Å². The minimum Gasteiger partial charge on any atom is -0.396 e. The molecule has 3 nitrogen and oxygen atoms in total. The van der Waals surface area contributed by atoms with Gasteiger partial charge in [0.15, 0.2) is 0 Å². The van der Waals surface area contributed by atoms with Crippen LogP contribution in [0.3, 0.4) is 0 Å². The molecule has 2 N–H and O–H groups in total. The summed E-state index contributed by atoms with van der Waals surface area (Å²) in [5.74, 6) is 0.620. The molecule has 0 spiro atoms. The van der Waals surface area contributed by atoms with Crippen LogP contribution >= 0.6 is 28.6 Å². The Kier molecular flexibility index (Phi) is 5.93. The van der Waals surface area contributed by atoms with Gasteiger partial charge in [-0.05, 0) is 58.8 Å². The first kappa shape index (κ1) is 15.9. The summed E-state index contributed by atoms with van der Waals surface area (Å²) < 4.78 is 0.773. The Balaban J connectivity index is 1.96. The quantitative estimate of drug-likeness (QED) is 0.724. The van der Waals surface area contributed by atoms with Gasteiger partial charge in [0.1, 0.15) is 0 Å². The van der Waals surface area contributed by atoms with E-state index >= 15 is 0 Å². The molecular weight excluding hydrogens is 338 g/mol. The van der Waals surface area contributed by atoms with Crippen molar-refractivity contribution in [2.75, 3.05) is 13.2 Å². The second-order valence-corrected chi connectivity index (χ2v) is 6.73. The predicted molar refractivity (Wildman–Crippen MR) is 86.3 cm³/mol. The van der Waals surface area contributed by atoms with Crippen LogP contribution in [0.1, 0.15) is 36.0 Å². The van der Waals surface area contributed by atoms with Crippen molar-refractivity contribution in [3.05, 3.63) is 28.2 Å². The van der Waals surface area contributed by atoms with Crippen LogP contribution in [0.4, 0.5) is 0 Å². The van der Waals surface area contributed by atoms with Gasteiger partial charge < -0.3 is 10.4 Å². The predicted octanol–water partition coefficient (Wildman–Crippen LogP) is 3.27. The van der Waals surface area contributed by atoms with E-state index in [9.17, 15) is 9.90 Å². The lowest BCUT2D eigenvalue weighted by atomic mass is 9.79. The first-order valence-corrected chi connectivity index (χ1v) is 8.23. The molecule has 0 heterocycles. The minimum absolute atomic E-state index is 0.0879. The van der Waals surface area contributed by atoms with Crippen molar-refractivity contribution in [3.63, 3.8) is 0 Å². The number of benzene rings is 1. The molecule has 1 aromatic carbocycles. The summed E-state index contributed by atoms with van der Waals surface area (Å²) in [5, 5.41) is 12.4. The van der Waals surface area contributed by atoms with Crippen molar-refractivity contribution >= 4 is 34.5 Å². The van der Waals surface area contributed by atoms with Gasteiger partial charge in [0.05, 0.1) is 5.56 Å². The zero-order valence-electron chi connectivity index (χ0n) is 11.3. The van der Waals surface area contributed by atoms with Gasteiger partial charge in [-0.1, -0.05) is 12.8 Å². The maximum atomic E-state index is 12.2. The van der Waals surface area contributed by atoms with Crippen LogP contribution in [0.15, 0.2) is 27.6 Å². The number of aliphatic hydroxyl groups excluding tert-OH is 1. The lowest BCUT2D eigenvalue weighted by molar-refractivity contribution is 0.0908. The molecule has 1 aliphatic carbocycles. The van der Waals surface area contributed by atoms with E-state index in [2.05, 4.69) is 33.9 Å². The highest BCUT2D eigenvalue weighted by molar-refractivity contribution is 9.10. The Hall–Kier alpha value is -0.520. The van der Waals surface area contributed by atoms with E-state index in [1.807, 2.05) is 12.1 Å². The standard InChI is InChI=1S/C15H20BrNO2S/c16-14-6-5-12(20)7-13(14)15(19)17-8-10-3-1-2-4-11(10)9-18/h5-7,10-11,18,20H,1-4,8-9H2,(H,17,19). The van der Waals surface area contributed by atoms with E-state index in [4.69, 9.17) is 0 Å². The van der Waals surface area contributed by atoms with Crippen molar-refractivity contribution in [2.45, 2.75) is 30.6 Å². The van der Waals surface area contributed by atoms with Gasteiger partial charge in [0.25, 0.3) is 5.91 Å². The average Bonchev–Trinajstić information content (AvgIpc) is 2.47. The van der Waals surface area contributed by atoms with Gasteiger partial charge in [-0.3, -0.25) is 4.79 Å². The Morgan fingerprint density at radius 1 is 1.35 bits per heavy atom. The second kappa shape index (κ2) is 7.48. The summed E-state index contributed by atoms with van der Waals surface area (Å²) in [4.78, 5) is 13.0. The third-order valence-corrected chi connectivity index (χ3v) is 4.99. The lowest BCUT2D eigenvalue weighted by Gasteiger charge is -2.30. The van der Waals surface area contributed by atoms with Gasteiger partial charge in [-0.25, -0.2) is 0 Å². The van der Waals surface area contributed by atoms with Crippen LogP contribution in [0.5, 0.6) is 0 Å². The maximum absolute atomic E-state index is 12.2. The van der Waals surface area contributed by atoms with Crippen LogP contribution in [0.2, 0.25) is 0 Å². The number of rotatable bonds is 4. The Morgan fingerprint density at radius 3 is 2.75 bits per heavy atom. The molecule has 1 aliphatic rings. The molecule has 1 amide bonds. The number of halogens is 1. The number of hydrogen-bond acceptors (Lipinski definition) is 3. The van der Waals surface area contributed by atoms with Crippen LogP contribution in [-0.2, 0) is 0 Å². The van der Waals surface area contributed by atoms with E-state index in [1.54, 1.807) is 6.07 Å². The number of amides is 1. The molecule has 5 heteroatoms. The molecule has 2 unspecified atom stereocenters. The summed E-state index contributed by atoms with van der Waals surface area (Å²) in [6.45, 7) is 0.851. The summed E-state index contributed by atoms with van der Waals surface area (Å²) >= 11 is 7.65. The molecule has 2 rings (SSSR count). The third kappa shape index (κ3) is 3.99. The molecule has 1 fully saturated rings. The van der Waals surface area contributed by atoms with Crippen LogP contribution in [0.25, 0.3) is 0 Å². The topological polar surface area (TPSA) is 49.3 Å². The Bertz CT molecular complexity index is 481. The fourth-order valence-corrected chi connectivity index (χ4v) is 3.43. The highest BCUT2D eigenvalue weighted by atomic mass is 79.9. The zero-order valence-corrected chi connectivity index (χ0v) is 13.8. The Labute approximate surface area is 133 Å². The summed E-state index contributed by atoms with van der Waals surface area (Å²) in [5.41, 5.74) is 0.605. The summed E-state index contributed by atoms with van der Waals surface area (Å²) in [6, 6.07) is 5.42. The van der Waals surface area contributed by atoms with Gasteiger partial charge in [0, 0.05) is 22.5 Å². The first-order chi connectivity index (χ1) is 9.61. The lowest BCUT2D eigenvalue weighted by Crippen LogP contribution is -2.35. The number of thiol groups is 1. The normalized spacial score (nSPS) is 22.6. The SMILES string of the molecule is O=C(NCC1CCCCC1CO)c1cc(S)ccc1Br. The molecule has 1 aromatic rings. The zero-order chi connectivity index (χ0) is 14.5. The number of nitrogens with one attached hydrogen (secondary N) is 1. The molecule has 0 aromatic heterocycles. The molecule has 2 atom stereocenters. The van der Waals surface area contributed by atoms with E-state index in [-0.39, 0.29) is 12.5 Å². The number of carbonyl (C=O) groups excluding carboxylic acids is 1. The number of hydrogen-bond donors (Lipinski definition) is 3. The molecule has 0 saturated heterocycles. The van der Waals surface area contributed by atoms with Crippen LogP contribution in [0, 0.1) is 11.8 Å². The molecule has 1 saturated carbocycles. The van der Waals surface area contributed by atoms with Crippen molar-refractivity contribution in [2.24, 2.45) is 11.8 Å². The fraction of sp³-hybridized carbons (Fsp3) is 0.533. The van der Waals surface area contributed by atoms with Crippen LogP contribution in [-0.4, -0.2) is 24.2 Å². The Morgan fingerprint density at radius 2 is 2.05 bits per heavy atom. The number of aliphatic hydroxyl groups is 1. The maximum Gasteiger partial charge on any atom is 0.252 e. The van der Waals surface area contributed by atoms with Crippen molar-refractivity contribution in [1.29, 1.82) is 0 Å². The molecule has 0 radical (unpaired) electrons. The van der Waals surface area contributed by atoms with E-state index < -0.39 is 0 Å². The molecular formula is C15H20BrNO2S. The van der Waals surface area contributed by atoms with Crippen molar-refractivity contribution in [1.82, 2.24) is 5.32 Å². The average molecular weight is 358 g/mol. The van der Waals surface area contributed by atoms with Gasteiger partial charge >= 0.3 is 0 Å². The van der Waals surface area contributed by atoms with Gasteiger partial charge in [-0.2, -0.15) is 0 Å².